The Morgan fingerprint density at radius 2 is 2.18 bits per heavy atom. The molecule has 2 aromatic rings. The molecule has 0 spiro atoms. The molecule has 2 aromatic heterocycles. The molecule has 0 radical (unpaired) electrons. The lowest BCUT2D eigenvalue weighted by Gasteiger charge is -2.04. The third-order valence-electron chi connectivity index (χ3n) is 2.57. The molecule has 1 aliphatic rings. The van der Waals surface area contributed by atoms with Crippen molar-refractivity contribution in [3.8, 4) is 11.4 Å². The largest absolute Gasteiger partial charge is 0.368 e. The molecule has 0 aromatic carbocycles. The molecule has 8 heteroatoms. The van der Waals surface area contributed by atoms with E-state index in [1.807, 2.05) is 16.8 Å². The zero-order chi connectivity index (χ0) is 12.0. The average molecular weight is 273 g/mol. The molecule has 5 nitrogen and oxygen atoms in total. The molecule has 1 fully saturated rings. The van der Waals surface area contributed by atoms with E-state index in [2.05, 4.69) is 10.2 Å². The van der Waals surface area contributed by atoms with Gasteiger partial charge in [-0.15, -0.1) is 10.2 Å². The zero-order valence-corrected chi connectivity index (χ0v) is 10.2. The molecular formula is C9H8FN3O2S2. The van der Waals surface area contributed by atoms with Crippen LogP contribution in [0.3, 0.4) is 0 Å². The highest BCUT2D eigenvalue weighted by atomic mass is 32.3. The van der Waals surface area contributed by atoms with Crippen molar-refractivity contribution in [3.63, 3.8) is 0 Å². The molecule has 0 bridgehead atoms. The molecule has 2 heterocycles. The van der Waals surface area contributed by atoms with Crippen LogP contribution in [0.1, 0.15) is 18.9 Å². The van der Waals surface area contributed by atoms with Crippen molar-refractivity contribution in [2.45, 2.75) is 24.0 Å². The van der Waals surface area contributed by atoms with Gasteiger partial charge in [0.2, 0.25) is 0 Å². The topological polar surface area (TPSA) is 64.8 Å². The van der Waals surface area contributed by atoms with Gasteiger partial charge in [-0.1, -0.05) is 3.89 Å². The number of nitrogens with zero attached hydrogens (tertiary/aromatic N) is 3. The van der Waals surface area contributed by atoms with Crippen LogP contribution >= 0.6 is 11.3 Å². The fourth-order valence-electron chi connectivity index (χ4n) is 1.69. The van der Waals surface area contributed by atoms with Crippen molar-refractivity contribution in [3.05, 3.63) is 16.8 Å². The maximum Gasteiger partial charge on any atom is 0.368 e. The number of thiophene rings is 1. The molecule has 17 heavy (non-hydrogen) atoms. The van der Waals surface area contributed by atoms with E-state index in [9.17, 15) is 12.3 Å². The second kappa shape index (κ2) is 3.61. The number of rotatable bonds is 3. The van der Waals surface area contributed by atoms with Gasteiger partial charge in [-0.2, -0.15) is 19.8 Å². The van der Waals surface area contributed by atoms with E-state index in [-0.39, 0.29) is 6.04 Å². The first-order valence-electron chi connectivity index (χ1n) is 4.99. The van der Waals surface area contributed by atoms with Crippen LogP contribution in [-0.2, 0) is 10.2 Å². The van der Waals surface area contributed by atoms with Crippen LogP contribution in [0.25, 0.3) is 11.4 Å². The standard InChI is InChI=1S/C9H8FN3O2S2/c10-17(14,15)9-12-11-8(6-3-4-16-5-6)13(9)7-1-2-7/h3-5,7H,1-2H2. The highest BCUT2D eigenvalue weighted by molar-refractivity contribution is 7.86. The zero-order valence-electron chi connectivity index (χ0n) is 8.58. The monoisotopic (exact) mass is 273 g/mol. The van der Waals surface area contributed by atoms with Crippen LogP contribution in [-0.4, -0.2) is 23.2 Å². The second-order valence-corrected chi connectivity index (χ2v) is 5.88. The SMILES string of the molecule is O=S(=O)(F)c1nnc(-c2ccsc2)n1C1CC1. The molecule has 0 atom stereocenters. The molecular weight excluding hydrogens is 265 g/mol. The summed E-state index contributed by atoms with van der Waals surface area (Å²) in [6, 6.07) is 1.81. The lowest BCUT2D eigenvalue weighted by Crippen LogP contribution is -2.06. The lowest BCUT2D eigenvalue weighted by molar-refractivity contribution is 0.524. The second-order valence-electron chi connectivity index (χ2n) is 3.86. The van der Waals surface area contributed by atoms with Gasteiger partial charge in [0, 0.05) is 17.0 Å². The van der Waals surface area contributed by atoms with E-state index in [0.29, 0.717) is 5.82 Å². The van der Waals surface area contributed by atoms with Gasteiger partial charge < -0.3 is 0 Å². The first-order valence-corrected chi connectivity index (χ1v) is 7.32. The number of hydrogen-bond acceptors (Lipinski definition) is 5. The van der Waals surface area contributed by atoms with Gasteiger partial charge in [-0.25, -0.2) is 0 Å². The number of halogens is 1. The van der Waals surface area contributed by atoms with E-state index in [1.165, 1.54) is 15.9 Å². The molecule has 0 saturated heterocycles. The summed E-state index contributed by atoms with van der Waals surface area (Å²) in [5.41, 5.74) is 0.768. The minimum absolute atomic E-state index is 0.000394. The maximum atomic E-state index is 13.1. The van der Waals surface area contributed by atoms with E-state index >= 15 is 0 Å². The van der Waals surface area contributed by atoms with Crippen LogP contribution in [0.15, 0.2) is 22.0 Å². The number of hydrogen-bond donors (Lipinski definition) is 0. The van der Waals surface area contributed by atoms with Crippen molar-refractivity contribution >= 4 is 21.6 Å². The van der Waals surface area contributed by atoms with E-state index in [0.717, 1.165) is 18.4 Å². The summed E-state index contributed by atoms with van der Waals surface area (Å²) in [5, 5.41) is 10.3. The van der Waals surface area contributed by atoms with Crippen molar-refractivity contribution in [1.82, 2.24) is 14.8 Å². The van der Waals surface area contributed by atoms with Gasteiger partial charge >= 0.3 is 10.2 Å². The highest BCUT2D eigenvalue weighted by Gasteiger charge is 2.34. The Hall–Kier alpha value is -1.28. The third kappa shape index (κ3) is 1.87. The van der Waals surface area contributed by atoms with Crippen LogP contribution in [0.5, 0.6) is 0 Å². The molecule has 1 aliphatic carbocycles. The first-order chi connectivity index (χ1) is 8.07. The summed E-state index contributed by atoms with van der Waals surface area (Å²) < 4.78 is 36.4. The van der Waals surface area contributed by atoms with Gasteiger partial charge in [-0.05, 0) is 24.3 Å². The molecule has 0 unspecified atom stereocenters. The summed E-state index contributed by atoms with van der Waals surface area (Å²) >= 11 is 1.47. The predicted molar refractivity (Wildman–Crippen MR) is 59.9 cm³/mol. The Kier molecular flexibility index (Phi) is 2.30. The van der Waals surface area contributed by atoms with Gasteiger partial charge in [0.05, 0.1) is 0 Å². The highest BCUT2D eigenvalue weighted by Crippen LogP contribution is 2.40. The predicted octanol–water partition coefficient (Wildman–Crippen LogP) is 2.00. The minimum Gasteiger partial charge on any atom is -0.292 e. The van der Waals surface area contributed by atoms with Crippen molar-refractivity contribution in [2.75, 3.05) is 0 Å². The van der Waals surface area contributed by atoms with Crippen molar-refractivity contribution in [1.29, 1.82) is 0 Å². The fraction of sp³-hybridized carbons (Fsp3) is 0.333. The first kappa shape index (κ1) is 10.8. The van der Waals surface area contributed by atoms with Gasteiger partial charge in [0.1, 0.15) is 0 Å². The summed E-state index contributed by atoms with van der Waals surface area (Å²) in [5.74, 6) is 0.421. The van der Waals surface area contributed by atoms with E-state index in [1.54, 1.807) is 0 Å². The van der Waals surface area contributed by atoms with Crippen LogP contribution in [0.4, 0.5) is 3.89 Å². The smallest absolute Gasteiger partial charge is 0.292 e. The van der Waals surface area contributed by atoms with Crippen molar-refractivity contribution in [2.24, 2.45) is 0 Å². The number of aromatic nitrogens is 3. The van der Waals surface area contributed by atoms with E-state index in [4.69, 9.17) is 0 Å². The summed E-state index contributed by atoms with van der Waals surface area (Å²) in [6.07, 6.45) is 1.66. The van der Waals surface area contributed by atoms with Gasteiger partial charge in [0.15, 0.2) is 5.82 Å². The molecule has 1 saturated carbocycles. The van der Waals surface area contributed by atoms with Crippen LogP contribution in [0, 0.1) is 0 Å². The Bertz CT molecular complexity index is 644. The fourth-order valence-corrected chi connectivity index (χ4v) is 2.94. The maximum absolute atomic E-state index is 13.1. The Morgan fingerprint density at radius 3 is 2.71 bits per heavy atom. The van der Waals surface area contributed by atoms with E-state index < -0.39 is 15.4 Å². The van der Waals surface area contributed by atoms with Crippen LogP contribution < -0.4 is 0 Å². The quantitative estimate of drug-likeness (QED) is 0.802. The van der Waals surface area contributed by atoms with Gasteiger partial charge in [-0.3, -0.25) is 4.57 Å². The average Bonchev–Trinajstić information content (AvgIpc) is 2.81. The van der Waals surface area contributed by atoms with Gasteiger partial charge in [0.25, 0.3) is 5.16 Å². The molecule has 90 valence electrons. The minimum atomic E-state index is -4.82. The molecule has 0 amide bonds. The Balaban J connectivity index is 2.21. The lowest BCUT2D eigenvalue weighted by atomic mass is 10.3. The van der Waals surface area contributed by atoms with Crippen molar-refractivity contribution < 1.29 is 12.3 Å². The third-order valence-corrected chi connectivity index (χ3v) is 3.97. The summed E-state index contributed by atoms with van der Waals surface area (Å²) in [6.45, 7) is 0. The van der Waals surface area contributed by atoms with Crippen LogP contribution in [0.2, 0.25) is 0 Å². The Morgan fingerprint density at radius 1 is 1.41 bits per heavy atom. The molecule has 0 aliphatic heterocycles. The Labute approximate surface area is 101 Å². The summed E-state index contributed by atoms with van der Waals surface area (Å²) in [4.78, 5) is 0. The molecule has 0 N–H and O–H groups in total. The summed E-state index contributed by atoms with van der Waals surface area (Å²) in [7, 11) is -4.82. The molecule has 3 rings (SSSR count). The normalized spacial score (nSPS) is 16.3.